The van der Waals surface area contributed by atoms with Gasteiger partial charge in [-0.2, -0.15) is 0 Å². The molecule has 4 N–H and O–H groups in total. The van der Waals surface area contributed by atoms with Gasteiger partial charge in [0.15, 0.2) is 0 Å². The Labute approximate surface area is 96.8 Å². The Kier molecular flexibility index (Phi) is 3.29. The summed E-state index contributed by atoms with van der Waals surface area (Å²) in [6.45, 7) is -0.359. The van der Waals surface area contributed by atoms with E-state index in [0.29, 0.717) is 0 Å². The Balaban J connectivity index is 2.09. The van der Waals surface area contributed by atoms with Crippen LogP contribution in [0.15, 0.2) is 12.3 Å². The van der Waals surface area contributed by atoms with Gasteiger partial charge in [0.25, 0.3) is 0 Å². The van der Waals surface area contributed by atoms with Gasteiger partial charge in [-0.1, -0.05) is 4.48 Å². The van der Waals surface area contributed by atoms with Gasteiger partial charge >= 0.3 is 6.03 Å². The van der Waals surface area contributed by atoms with Gasteiger partial charge in [-0.05, 0) is 6.08 Å². The lowest BCUT2D eigenvalue weighted by molar-refractivity contribution is -0.0702. The Hall–Kier alpha value is -1.22. The first kappa shape index (κ1) is 12.2. The number of ether oxygens (including phenoxy) is 1. The minimum Gasteiger partial charge on any atom is -0.394 e. The first-order valence-corrected chi connectivity index (χ1v) is 5.20. The summed E-state index contributed by atoms with van der Waals surface area (Å²) >= 11 is 0. The van der Waals surface area contributed by atoms with E-state index >= 15 is 0 Å². The molecule has 96 valence electrons. The van der Waals surface area contributed by atoms with Gasteiger partial charge in [-0.25, -0.2) is 4.79 Å². The highest BCUT2D eigenvalue weighted by Gasteiger charge is 2.41. The lowest BCUT2D eigenvalue weighted by Crippen LogP contribution is -2.51. The van der Waals surface area contributed by atoms with Crippen LogP contribution in [-0.4, -0.2) is 57.5 Å². The number of carbonyl (C=O) groups is 1. The molecule has 0 spiro atoms. The smallest absolute Gasteiger partial charge is 0.356 e. The summed E-state index contributed by atoms with van der Waals surface area (Å²) in [6, 6.07) is -0.948. The third kappa shape index (κ3) is 2.12. The van der Waals surface area contributed by atoms with Crippen molar-refractivity contribution in [3.05, 3.63) is 12.3 Å². The predicted molar refractivity (Wildman–Crippen MR) is 53.7 cm³/mol. The van der Waals surface area contributed by atoms with Crippen LogP contribution in [0.1, 0.15) is 6.42 Å². The van der Waals surface area contributed by atoms with Crippen molar-refractivity contribution in [3.8, 4) is 0 Å². The maximum Gasteiger partial charge on any atom is 0.356 e. The summed E-state index contributed by atoms with van der Waals surface area (Å²) in [5.41, 5.74) is 5.30. The van der Waals surface area contributed by atoms with Crippen molar-refractivity contribution in [2.75, 3.05) is 6.61 Å². The van der Waals surface area contributed by atoms with Crippen molar-refractivity contribution in [2.24, 2.45) is 5.73 Å². The van der Waals surface area contributed by atoms with E-state index in [1.807, 2.05) is 0 Å². The van der Waals surface area contributed by atoms with Crippen LogP contribution < -0.4 is 5.73 Å². The van der Waals surface area contributed by atoms with Crippen molar-refractivity contribution < 1.29 is 24.2 Å². The van der Waals surface area contributed by atoms with Crippen LogP contribution in [0.5, 0.6) is 0 Å². The molecule has 1 saturated heterocycles. The number of aliphatic hydroxyl groups is 2. The molecule has 2 rings (SSSR count). The quantitative estimate of drug-likeness (QED) is 0.536. The molecule has 2 aliphatic rings. The zero-order valence-corrected chi connectivity index (χ0v) is 8.94. The molecule has 7 nitrogen and oxygen atoms in total. The summed E-state index contributed by atoms with van der Waals surface area (Å²) in [7, 11) is 0. The fourth-order valence-electron chi connectivity index (χ4n) is 1.83. The highest BCUT2D eigenvalue weighted by Crippen LogP contribution is 2.26. The Morgan fingerprint density at radius 2 is 2.35 bits per heavy atom. The van der Waals surface area contributed by atoms with Crippen molar-refractivity contribution >= 4 is 6.03 Å². The molecule has 2 aliphatic heterocycles. The van der Waals surface area contributed by atoms with Crippen molar-refractivity contribution in [1.29, 1.82) is 0 Å². The van der Waals surface area contributed by atoms with Gasteiger partial charge in [-0.15, -0.1) is 5.12 Å². The van der Waals surface area contributed by atoms with E-state index in [4.69, 9.17) is 15.6 Å². The van der Waals surface area contributed by atoms with Crippen molar-refractivity contribution in [2.45, 2.75) is 31.0 Å². The van der Waals surface area contributed by atoms with Crippen LogP contribution in [0, 0.1) is 0 Å². The number of carbonyl (C=O) groups excluding carboxylic acids is 1. The van der Waals surface area contributed by atoms with E-state index in [2.05, 4.69) is 0 Å². The molecule has 0 bridgehead atoms. The predicted octanol–water partition coefficient (Wildman–Crippen LogP) is -1.12. The second kappa shape index (κ2) is 4.57. The van der Waals surface area contributed by atoms with E-state index in [-0.39, 0.29) is 18.1 Å². The molecule has 0 radical (unpaired) electrons. The summed E-state index contributed by atoms with van der Waals surface area (Å²) in [6.07, 6.45) is -0.816. The van der Waals surface area contributed by atoms with E-state index in [9.17, 15) is 14.4 Å². The third-order valence-corrected chi connectivity index (χ3v) is 2.80. The van der Waals surface area contributed by atoms with Gasteiger partial charge in [-0.3, -0.25) is 4.90 Å². The first-order valence-electron chi connectivity index (χ1n) is 5.20. The summed E-state index contributed by atoms with van der Waals surface area (Å²) in [5.74, 6) is 0. The van der Waals surface area contributed by atoms with Crippen LogP contribution in [0.25, 0.3) is 0 Å². The molecule has 0 aromatic heterocycles. The number of nitrogens with zero attached hydrogens (tertiary/aromatic N) is 2. The zero-order valence-electron chi connectivity index (χ0n) is 8.94. The Morgan fingerprint density at radius 3 is 2.94 bits per heavy atom. The molecule has 0 aromatic carbocycles. The molecular weight excluding hydrogens is 233 g/mol. The third-order valence-electron chi connectivity index (χ3n) is 2.80. The fourth-order valence-corrected chi connectivity index (χ4v) is 1.83. The number of rotatable bonds is 2. The second-order valence-electron chi connectivity index (χ2n) is 3.95. The first-order chi connectivity index (χ1) is 8.04. The monoisotopic (exact) mass is 247 g/mol. The van der Waals surface area contributed by atoms with Gasteiger partial charge in [0, 0.05) is 12.6 Å². The number of amides is 2. The number of urea groups is 1. The van der Waals surface area contributed by atoms with Crippen LogP contribution in [0.4, 0.5) is 9.28 Å². The maximum atomic E-state index is 13.2. The summed E-state index contributed by atoms with van der Waals surface area (Å²) in [4.78, 5) is 12.5. The molecule has 8 heteroatoms. The number of hydrogen-bond donors (Lipinski definition) is 3. The normalized spacial score (nSPS) is 38.0. The van der Waals surface area contributed by atoms with Crippen LogP contribution in [0.3, 0.4) is 0 Å². The van der Waals surface area contributed by atoms with E-state index in [1.165, 1.54) is 12.3 Å². The van der Waals surface area contributed by atoms with Crippen LogP contribution in [-0.2, 0) is 4.74 Å². The average molecular weight is 247 g/mol. The van der Waals surface area contributed by atoms with Crippen molar-refractivity contribution in [3.63, 3.8) is 0 Å². The highest BCUT2D eigenvalue weighted by molar-refractivity contribution is 5.76. The largest absolute Gasteiger partial charge is 0.394 e. The molecule has 0 saturated carbocycles. The standard InChI is InChI=1S/C9H14FN3O4/c10-13-7(11)1-2-12(9(13)16)8-3-5(15)6(4-14)17-8/h1-2,5-8,14-15H,3-4,11H2/t5-,6+,7?,8+/m0/s1. The molecule has 17 heavy (non-hydrogen) atoms. The molecule has 1 fully saturated rings. The Bertz CT molecular complexity index is 340. The van der Waals surface area contributed by atoms with Gasteiger partial charge in [0.05, 0.1) is 12.7 Å². The molecule has 4 atom stereocenters. The highest BCUT2D eigenvalue weighted by atomic mass is 19.2. The Morgan fingerprint density at radius 1 is 1.65 bits per heavy atom. The molecule has 0 aromatic rings. The summed E-state index contributed by atoms with van der Waals surface area (Å²) < 4.78 is 18.5. The van der Waals surface area contributed by atoms with Gasteiger partial charge in [0.1, 0.15) is 18.5 Å². The van der Waals surface area contributed by atoms with Crippen molar-refractivity contribution in [1.82, 2.24) is 10.0 Å². The molecular formula is C9H14FN3O4. The van der Waals surface area contributed by atoms with Gasteiger partial charge < -0.3 is 20.7 Å². The molecule has 2 amide bonds. The SMILES string of the molecule is NC1C=CN([C@H]2C[C@H](O)[C@@H](CO)O2)C(=O)N1F. The topological polar surface area (TPSA) is 99.3 Å². The molecule has 0 aliphatic carbocycles. The van der Waals surface area contributed by atoms with E-state index in [1.54, 1.807) is 0 Å². The fraction of sp³-hybridized carbons (Fsp3) is 0.667. The van der Waals surface area contributed by atoms with E-state index < -0.39 is 30.6 Å². The number of nitrogens with two attached hydrogens (primary N) is 1. The second-order valence-corrected chi connectivity index (χ2v) is 3.95. The average Bonchev–Trinajstić information content (AvgIpc) is 2.67. The van der Waals surface area contributed by atoms with Gasteiger partial charge in [0.2, 0.25) is 0 Å². The maximum absolute atomic E-state index is 13.2. The number of halogens is 1. The van der Waals surface area contributed by atoms with Crippen LogP contribution >= 0.6 is 0 Å². The zero-order chi connectivity index (χ0) is 12.6. The minimum absolute atomic E-state index is 0.115. The lowest BCUT2D eigenvalue weighted by Gasteiger charge is -2.32. The van der Waals surface area contributed by atoms with Crippen LogP contribution in [0.2, 0.25) is 0 Å². The molecule has 2 heterocycles. The van der Waals surface area contributed by atoms with E-state index in [0.717, 1.165) is 4.90 Å². The number of hydrogen-bond acceptors (Lipinski definition) is 5. The minimum atomic E-state index is -1.11. The summed E-state index contributed by atoms with van der Waals surface area (Å²) in [5, 5.41) is 18.3. The lowest BCUT2D eigenvalue weighted by atomic mass is 10.2. The molecule has 1 unspecified atom stereocenters. The number of aliphatic hydroxyl groups excluding tert-OH is 2.